The third-order valence-electron chi connectivity index (χ3n) is 5.10. The molecule has 6 nitrogen and oxygen atoms in total. The number of carbonyl (C=O) groups excluding carboxylic acids is 2. The summed E-state index contributed by atoms with van der Waals surface area (Å²) in [6.07, 6.45) is 5.25. The number of amides is 1. The molecule has 1 aliphatic rings. The van der Waals surface area contributed by atoms with Gasteiger partial charge in [0.1, 0.15) is 0 Å². The van der Waals surface area contributed by atoms with Crippen molar-refractivity contribution in [2.24, 2.45) is 0 Å². The highest BCUT2D eigenvalue weighted by molar-refractivity contribution is 5.97. The summed E-state index contributed by atoms with van der Waals surface area (Å²) >= 11 is 0. The average molecular weight is 433 g/mol. The number of aliphatic hydroxyl groups excluding tert-OH is 1. The summed E-state index contributed by atoms with van der Waals surface area (Å²) in [4.78, 5) is 24.0. The molecule has 166 valence electrons. The molecular formula is C26H28N2O4. The second-order valence-corrected chi connectivity index (χ2v) is 7.79. The van der Waals surface area contributed by atoms with Crippen molar-refractivity contribution in [2.75, 3.05) is 7.11 Å². The minimum atomic E-state index is -1.12. The quantitative estimate of drug-likeness (QED) is 0.441. The van der Waals surface area contributed by atoms with Crippen molar-refractivity contribution >= 4 is 18.0 Å². The first-order valence-electron chi connectivity index (χ1n) is 10.6. The molecule has 2 aromatic rings. The molecule has 3 N–H and O–H groups in total. The Morgan fingerprint density at radius 3 is 2.44 bits per heavy atom. The lowest BCUT2D eigenvalue weighted by molar-refractivity contribution is -0.145. The van der Waals surface area contributed by atoms with Gasteiger partial charge in [-0.05, 0) is 67.3 Å². The summed E-state index contributed by atoms with van der Waals surface area (Å²) in [5.74, 6) is 4.84. The number of nitrogens with one attached hydrogen (secondary N) is 2. The van der Waals surface area contributed by atoms with Gasteiger partial charge in [-0.25, -0.2) is 4.79 Å². The van der Waals surface area contributed by atoms with Gasteiger partial charge in [0.25, 0.3) is 5.91 Å². The van der Waals surface area contributed by atoms with Gasteiger partial charge in [-0.3, -0.25) is 4.79 Å². The molecule has 1 saturated carbocycles. The Kier molecular flexibility index (Phi) is 8.20. The summed E-state index contributed by atoms with van der Waals surface area (Å²) in [7, 11) is 1.20. The molecule has 6 heteroatoms. The van der Waals surface area contributed by atoms with Crippen LogP contribution < -0.4 is 10.6 Å². The molecule has 0 unspecified atom stereocenters. The highest BCUT2D eigenvalue weighted by atomic mass is 16.5. The highest BCUT2D eigenvalue weighted by Gasteiger charge is 2.26. The average Bonchev–Trinajstić information content (AvgIpc) is 3.64. The van der Waals surface area contributed by atoms with E-state index in [9.17, 15) is 14.7 Å². The van der Waals surface area contributed by atoms with Gasteiger partial charge in [0.15, 0.2) is 6.04 Å². The smallest absolute Gasteiger partial charge is 0.331 e. The van der Waals surface area contributed by atoms with E-state index in [4.69, 9.17) is 0 Å². The van der Waals surface area contributed by atoms with Crippen molar-refractivity contribution in [3.8, 4) is 11.8 Å². The SMILES string of the molecule is COC(=O)[C@@H](NC(=O)c1ccc(C#C/C=C/c2ccc(CNC3CC3)cc2)cc1)[C@@H](C)O. The van der Waals surface area contributed by atoms with Crippen LogP contribution in [0.15, 0.2) is 54.6 Å². The Morgan fingerprint density at radius 2 is 1.84 bits per heavy atom. The molecule has 1 amide bonds. The van der Waals surface area contributed by atoms with E-state index < -0.39 is 24.0 Å². The van der Waals surface area contributed by atoms with Crippen molar-refractivity contribution in [2.45, 2.75) is 44.5 Å². The highest BCUT2D eigenvalue weighted by Crippen LogP contribution is 2.19. The van der Waals surface area contributed by atoms with E-state index in [1.807, 2.05) is 6.08 Å². The fourth-order valence-corrected chi connectivity index (χ4v) is 2.99. The van der Waals surface area contributed by atoms with Crippen molar-refractivity contribution in [3.05, 3.63) is 76.9 Å². The maximum atomic E-state index is 12.3. The van der Waals surface area contributed by atoms with E-state index in [-0.39, 0.29) is 0 Å². The van der Waals surface area contributed by atoms with Crippen molar-refractivity contribution < 1.29 is 19.4 Å². The van der Waals surface area contributed by atoms with E-state index >= 15 is 0 Å². The monoisotopic (exact) mass is 432 g/mol. The number of esters is 1. The van der Waals surface area contributed by atoms with Crippen LogP contribution in [-0.2, 0) is 16.1 Å². The Labute approximate surface area is 188 Å². The zero-order valence-corrected chi connectivity index (χ0v) is 18.3. The largest absolute Gasteiger partial charge is 0.467 e. The van der Waals surface area contributed by atoms with Crippen LogP contribution in [0.5, 0.6) is 0 Å². The van der Waals surface area contributed by atoms with Gasteiger partial charge in [0, 0.05) is 23.7 Å². The first-order chi connectivity index (χ1) is 15.5. The van der Waals surface area contributed by atoms with Crippen molar-refractivity contribution in [1.29, 1.82) is 0 Å². The summed E-state index contributed by atoms with van der Waals surface area (Å²) in [6.45, 7) is 2.32. The number of methoxy groups -OCH3 is 1. The van der Waals surface area contributed by atoms with E-state index in [2.05, 4.69) is 51.5 Å². The topological polar surface area (TPSA) is 87.7 Å². The molecule has 2 aromatic carbocycles. The lowest BCUT2D eigenvalue weighted by Gasteiger charge is -2.18. The molecule has 2 atom stereocenters. The van der Waals surface area contributed by atoms with Crippen LogP contribution in [-0.4, -0.2) is 42.3 Å². The predicted octanol–water partition coefficient (Wildman–Crippen LogP) is 2.66. The standard InChI is InChI=1S/C26H28N2O4/c1-18(29)24(26(31)32-2)28-25(30)22-13-11-20(12-14-22)6-4-3-5-19-7-9-21(10-8-19)17-27-23-15-16-23/h3,5,7-14,18,23-24,27,29H,15-17H2,1-2H3,(H,28,30)/b5-3+/t18-,24+/m1/s1. The normalized spacial score (nSPS) is 14.8. The van der Waals surface area contributed by atoms with Gasteiger partial charge in [-0.1, -0.05) is 36.1 Å². The maximum absolute atomic E-state index is 12.3. The Morgan fingerprint density at radius 1 is 1.16 bits per heavy atom. The molecule has 0 aromatic heterocycles. The van der Waals surface area contributed by atoms with Crippen LogP contribution >= 0.6 is 0 Å². The van der Waals surface area contributed by atoms with Gasteiger partial charge in [-0.15, -0.1) is 0 Å². The fraction of sp³-hybridized carbons (Fsp3) is 0.308. The number of benzene rings is 2. The molecule has 0 spiro atoms. The van der Waals surface area contributed by atoms with Crippen LogP contribution in [0.1, 0.15) is 46.8 Å². The van der Waals surface area contributed by atoms with Gasteiger partial charge in [0.2, 0.25) is 0 Å². The number of hydrogen-bond acceptors (Lipinski definition) is 5. The number of rotatable bonds is 8. The molecule has 0 bridgehead atoms. The number of carbonyl (C=O) groups is 2. The molecule has 1 fully saturated rings. The Bertz CT molecular complexity index is 1010. The number of ether oxygens (including phenoxy) is 1. The van der Waals surface area contributed by atoms with E-state index in [1.165, 1.54) is 32.4 Å². The third-order valence-corrected chi connectivity index (χ3v) is 5.10. The second kappa shape index (κ2) is 11.3. The van der Waals surface area contributed by atoms with Crippen molar-refractivity contribution in [1.82, 2.24) is 10.6 Å². The van der Waals surface area contributed by atoms with Crippen LogP contribution in [0.25, 0.3) is 6.08 Å². The molecule has 0 saturated heterocycles. The third kappa shape index (κ3) is 7.09. The molecule has 0 radical (unpaired) electrons. The van der Waals surface area contributed by atoms with Gasteiger partial charge < -0.3 is 20.5 Å². The van der Waals surface area contributed by atoms with Crippen LogP contribution in [0.4, 0.5) is 0 Å². The van der Waals surface area contributed by atoms with Crippen LogP contribution in [0, 0.1) is 11.8 Å². The molecule has 0 heterocycles. The van der Waals surface area contributed by atoms with Crippen LogP contribution in [0.3, 0.4) is 0 Å². The second-order valence-electron chi connectivity index (χ2n) is 7.79. The lowest BCUT2D eigenvalue weighted by atomic mass is 10.1. The van der Waals surface area contributed by atoms with Crippen LogP contribution in [0.2, 0.25) is 0 Å². The van der Waals surface area contributed by atoms with Gasteiger partial charge >= 0.3 is 5.97 Å². The molecule has 3 rings (SSSR count). The predicted molar refractivity (Wildman–Crippen MR) is 124 cm³/mol. The van der Waals surface area contributed by atoms with Gasteiger partial charge in [0.05, 0.1) is 13.2 Å². The number of hydrogen-bond donors (Lipinski definition) is 3. The number of allylic oxidation sites excluding steroid dienone is 1. The van der Waals surface area contributed by atoms with Gasteiger partial charge in [-0.2, -0.15) is 0 Å². The summed E-state index contributed by atoms with van der Waals surface area (Å²) in [5.41, 5.74) is 3.47. The minimum Gasteiger partial charge on any atom is -0.467 e. The number of aliphatic hydroxyl groups is 1. The molecule has 1 aliphatic carbocycles. The maximum Gasteiger partial charge on any atom is 0.331 e. The first kappa shape index (κ1) is 23.3. The first-order valence-corrected chi connectivity index (χ1v) is 10.6. The van der Waals surface area contributed by atoms with E-state index in [0.717, 1.165) is 17.7 Å². The van der Waals surface area contributed by atoms with E-state index in [0.29, 0.717) is 11.6 Å². The van der Waals surface area contributed by atoms with Crippen molar-refractivity contribution in [3.63, 3.8) is 0 Å². The van der Waals surface area contributed by atoms with E-state index in [1.54, 1.807) is 30.3 Å². The molecule has 0 aliphatic heterocycles. The zero-order valence-electron chi connectivity index (χ0n) is 18.3. The zero-order chi connectivity index (χ0) is 22.9. The Balaban J connectivity index is 1.53. The Hall–Kier alpha value is -3.40. The summed E-state index contributed by atoms with van der Waals surface area (Å²) in [6, 6.07) is 14.7. The molecular weight excluding hydrogens is 404 g/mol. The summed E-state index contributed by atoms with van der Waals surface area (Å²) in [5, 5.41) is 15.7. The molecule has 32 heavy (non-hydrogen) atoms. The fourth-order valence-electron chi connectivity index (χ4n) is 2.99. The summed E-state index contributed by atoms with van der Waals surface area (Å²) < 4.78 is 4.60. The lowest BCUT2D eigenvalue weighted by Crippen LogP contribution is -2.48. The minimum absolute atomic E-state index is 0.358.